The van der Waals surface area contributed by atoms with Gasteiger partial charge < -0.3 is 23.7 Å². The Morgan fingerprint density at radius 3 is 2.28 bits per heavy atom. The summed E-state index contributed by atoms with van der Waals surface area (Å²) in [6.45, 7) is 2.56. The molecule has 0 N–H and O–H groups in total. The molecule has 1 heterocycles. The van der Waals surface area contributed by atoms with Gasteiger partial charge in [0.25, 0.3) is 5.91 Å². The molecule has 6 heteroatoms. The van der Waals surface area contributed by atoms with Gasteiger partial charge in [0, 0.05) is 30.5 Å². The molecule has 4 rings (SSSR count). The number of para-hydroxylation sites is 1. The van der Waals surface area contributed by atoms with Gasteiger partial charge in [-0.05, 0) is 61.4 Å². The van der Waals surface area contributed by atoms with E-state index in [1.54, 1.807) is 26.2 Å². The molecule has 0 atom stereocenters. The van der Waals surface area contributed by atoms with Crippen molar-refractivity contribution in [2.45, 2.75) is 13.3 Å². The molecule has 0 radical (unpaired) electrons. The smallest absolute Gasteiger partial charge is 0.255 e. The molecular formula is C30H32N2O4. The Morgan fingerprint density at radius 1 is 0.833 bits per heavy atom. The zero-order chi connectivity index (χ0) is 25.7. The molecule has 0 saturated heterocycles. The summed E-state index contributed by atoms with van der Waals surface area (Å²) in [5.74, 6) is 2.12. The lowest BCUT2D eigenvalue weighted by Gasteiger charge is -2.18. The number of nitrogens with zero attached hydrogens (tertiary/aromatic N) is 2. The lowest BCUT2D eigenvalue weighted by molar-refractivity contribution is 0.0796. The highest BCUT2D eigenvalue weighted by Gasteiger charge is 2.22. The molecule has 0 bridgehead atoms. The zero-order valence-electron chi connectivity index (χ0n) is 21.4. The third-order valence-corrected chi connectivity index (χ3v) is 6.39. The van der Waals surface area contributed by atoms with Gasteiger partial charge >= 0.3 is 0 Å². The van der Waals surface area contributed by atoms with Gasteiger partial charge in [-0.3, -0.25) is 4.79 Å². The summed E-state index contributed by atoms with van der Waals surface area (Å²) in [6, 6.07) is 25.8. The first-order chi connectivity index (χ1) is 17.5. The fourth-order valence-corrected chi connectivity index (χ4v) is 4.37. The van der Waals surface area contributed by atoms with E-state index in [0.29, 0.717) is 30.0 Å². The van der Waals surface area contributed by atoms with Crippen LogP contribution in [0.3, 0.4) is 0 Å². The second-order valence-electron chi connectivity index (χ2n) is 8.60. The lowest BCUT2D eigenvalue weighted by atomic mass is 10.1. The predicted molar refractivity (Wildman–Crippen MR) is 143 cm³/mol. The summed E-state index contributed by atoms with van der Waals surface area (Å²) in [5.41, 5.74) is 5.55. The number of hydrogen-bond acceptors (Lipinski definition) is 4. The number of methoxy groups -OCH3 is 3. The highest BCUT2D eigenvalue weighted by atomic mass is 16.5. The van der Waals surface area contributed by atoms with Crippen molar-refractivity contribution in [1.29, 1.82) is 0 Å². The number of amides is 1. The SMILES string of the molecule is COc1cccc(-c2cc(C(=O)N(C)CCc3ccc(OC)c(OC)c3)c(C)n2-c2ccccc2)c1. The third-order valence-electron chi connectivity index (χ3n) is 6.39. The van der Waals surface area contributed by atoms with Crippen molar-refractivity contribution in [2.24, 2.45) is 0 Å². The van der Waals surface area contributed by atoms with Crippen molar-refractivity contribution in [3.8, 4) is 34.2 Å². The average molecular weight is 485 g/mol. The third kappa shape index (κ3) is 5.08. The van der Waals surface area contributed by atoms with Gasteiger partial charge in [-0.25, -0.2) is 0 Å². The molecule has 186 valence electrons. The first-order valence-corrected chi connectivity index (χ1v) is 11.9. The minimum atomic E-state index is -0.0215. The van der Waals surface area contributed by atoms with Gasteiger partial charge in [-0.15, -0.1) is 0 Å². The van der Waals surface area contributed by atoms with Crippen molar-refractivity contribution in [3.05, 3.63) is 95.7 Å². The van der Waals surface area contributed by atoms with Gasteiger partial charge in [-0.1, -0.05) is 36.4 Å². The van der Waals surface area contributed by atoms with Gasteiger partial charge in [-0.2, -0.15) is 0 Å². The molecule has 0 unspecified atom stereocenters. The molecule has 0 aliphatic carbocycles. The lowest BCUT2D eigenvalue weighted by Crippen LogP contribution is -2.29. The van der Waals surface area contributed by atoms with Crippen molar-refractivity contribution in [1.82, 2.24) is 9.47 Å². The van der Waals surface area contributed by atoms with Gasteiger partial charge in [0.05, 0.1) is 32.6 Å². The molecule has 0 fully saturated rings. The first kappa shape index (κ1) is 24.9. The van der Waals surface area contributed by atoms with E-state index in [2.05, 4.69) is 4.57 Å². The molecule has 36 heavy (non-hydrogen) atoms. The van der Waals surface area contributed by atoms with Crippen LogP contribution in [0.5, 0.6) is 17.2 Å². The molecule has 0 saturated carbocycles. The number of benzene rings is 3. The number of aromatic nitrogens is 1. The Labute approximate surface area is 212 Å². The quantitative estimate of drug-likeness (QED) is 0.302. The summed E-state index contributed by atoms with van der Waals surface area (Å²) in [5, 5.41) is 0. The predicted octanol–water partition coefficient (Wildman–Crippen LogP) is 5.79. The van der Waals surface area contributed by atoms with Crippen LogP contribution >= 0.6 is 0 Å². The topological polar surface area (TPSA) is 52.9 Å². The van der Waals surface area contributed by atoms with Gasteiger partial charge in [0.2, 0.25) is 0 Å². The van der Waals surface area contributed by atoms with E-state index in [0.717, 1.165) is 34.0 Å². The van der Waals surface area contributed by atoms with E-state index in [-0.39, 0.29) is 5.91 Å². The van der Waals surface area contributed by atoms with Crippen LogP contribution in [0.2, 0.25) is 0 Å². The number of carbonyl (C=O) groups excluding carboxylic acids is 1. The Bertz CT molecular complexity index is 1340. The second-order valence-corrected chi connectivity index (χ2v) is 8.60. The minimum absolute atomic E-state index is 0.0215. The monoisotopic (exact) mass is 484 g/mol. The second kappa shape index (κ2) is 11.0. The maximum absolute atomic E-state index is 13.6. The fraction of sp³-hybridized carbons (Fsp3) is 0.233. The van der Waals surface area contributed by atoms with Crippen LogP contribution in [-0.4, -0.2) is 50.3 Å². The van der Waals surface area contributed by atoms with E-state index in [1.165, 1.54) is 0 Å². The zero-order valence-corrected chi connectivity index (χ0v) is 21.4. The summed E-state index contributed by atoms with van der Waals surface area (Å²) >= 11 is 0. The van der Waals surface area contributed by atoms with Crippen LogP contribution in [0, 0.1) is 6.92 Å². The molecule has 4 aromatic rings. The molecule has 1 aromatic heterocycles. The van der Waals surface area contributed by atoms with E-state index in [1.807, 2.05) is 92.8 Å². The van der Waals surface area contributed by atoms with Crippen LogP contribution in [-0.2, 0) is 6.42 Å². The van der Waals surface area contributed by atoms with Crippen molar-refractivity contribution >= 4 is 5.91 Å². The van der Waals surface area contributed by atoms with Crippen molar-refractivity contribution in [2.75, 3.05) is 34.9 Å². The standard InChI is InChI=1S/C30H32N2O4/c1-21-26(30(33)31(2)17-16-22-14-15-28(35-4)29(18-22)36-5)20-27(23-10-9-13-25(19-23)34-3)32(21)24-11-7-6-8-12-24/h6-15,18-20H,16-17H2,1-5H3. The normalized spacial score (nSPS) is 10.7. The maximum Gasteiger partial charge on any atom is 0.255 e. The molecule has 1 amide bonds. The van der Waals surface area contributed by atoms with Crippen LogP contribution in [0.4, 0.5) is 0 Å². The van der Waals surface area contributed by atoms with Gasteiger partial charge in [0.1, 0.15) is 5.75 Å². The summed E-state index contributed by atoms with van der Waals surface area (Å²) in [7, 11) is 6.74. The van der Waals surface area contributed by atoms with E-state index >= 15 is 0 Å². The molecule has 0 aliphatic rings. The van der Waals surface area contributed by atoms with E-state index in [4.69, 9.17) is 14.2 Å². The van der Waals surface area contributed by atoms with Crippen molar-refractivity contribution < 1.29 is 19.0 Å². The highest BCUT2D eigenvalue weighted by Crippen LogP contribution is 2.32. The Kier molecular flexibility index (Phi) is 7.64. The van der Waals surface area contributed by atoms with Crippen LogP contribution in [0.25, 0.3) is 16.9 Å². The molecule has 3 aromatic carbocycles. The van der Waals surface area contributed by atoms with E-state index in [9.17, 15) is 4.79 Å². The van der Waals surface area contributed by atoms with Crippen LogP contribution in [0.15, 0.2) is 78.9 Å². The summed E-state index contributed by atoms with van der Waals surface area (Å²) in [6.07, 6.45) is 0.698. The largest absolute Gasteiger partial charge is 0.497 e. The molecular weight excluding hydrogens is 452 g/mol. The number of likely N-dealkylation sites (N-methyl/N-ethyl adjacent to an activating group) is 1. The Hall–Kier alpha value is -4.19. The number of carbonyl (C=O) groups is 1. The first-order valence-electron chi connectivity index (χ1n) is 11.9. The van der Waals surface area contributed by atoms with Gasteiger partial charge in [0.15, 0.2) is 11.5 Å². The average Bonchev–Trinajstić information content (AvgIpc) is 3.28. The van der Waals surface area contributed by atoms with E-state index < -0.39 is 0 Å². The summed E-state index contributed by atoms with van der Waals surface area (Å²) in [4.78, 5) is 15.4. The Morgan fingerprint density at radius 2 is 1.58 bits per heavy atom. The number of rotatable bonds is 9. The van der Waals surface area contributed by atoms with Crippen LogP contribution in [0.1, 0.15) is 21.6 Å². The fourth-order valence-electron chi connectivity index (χ4n) is 4.37. The van der Waals surface area contributed by atoms with Crippen LogP contribution < -0.4 is 14.2 Å². The number of ether oxygens (including phenoxy) is 3. The summed E-state index contributed by atoms with van der Waals surface area (Å²) < 4.78 is 18.3. The number of hydrogen-bond donors (Lipinski definition) is 0. The molecule has 6 nitrogen and oxygen atoms in total. The Balaban J connectivity index is 1.64. The molecule has 0 aliphatic heterocycles. The maximum atomic E-state index is 13.6. The molecule has 0 spiro atoms. The van der Waals surface area contributed by atoms with Crippen molar-refractivity contribution in [3.63, 3.8) is 0 Å². The minimum Gasteiger partial charge on any atom is -0.497 e. The highest BCUT2D eigenvalue weighted by molar-refractivity contribution is 5.97.